The number of nitrogens with zero attached hydrogens (tertiary/aromatic N) is 3. The number of aliphatic imine (C=N–C) groups is 1. The second kappa shape index (κ2) is 9.62. The molecular formula is C21H32IN5O. The first-order valence-electron chi connectivity index (χ1n) is 9.62. The summed E-state index contributed by atoms with van der Waals surface area (Å²) in [5, 5.41) is 6.69. The summed E-state index contributed by atoms with van der Waals surface area (Å²) in [6.45, 7) is 11.0. The van der Waals surface area contributed by atoms with Crippen molar-refractivity contribution >= 4 is 35.6 Å². The van der Waals surface area contributed by atoms with E-state index in [2.05, 4.69) is 77.5 Å². The molecule has 3 rings (SSSR count). The van der Waals surface area contributed by atoms with Gasteiger partial charge >= 0.3 is 0 Å². The third kappa shape index (κ3) is 5.40. The van der Waals surface area contributed by atoms with Gasteiger partial charge in [-0.1, -0.05) is 39.0 Å². The minimum absolute atomic E-state index is 0. The van der Waals surface area contributed by atoms with Crippen LogP contribution in [0.15, 0.2) is 39.9 Å². The number of halogens is 1. The maximum Gasteiger partial charge on any atom is 0.213 e. The number of hydrogen-bond donors (Lipinski definition) is 2. The van der Waals surface area contributed by atoms with Crippen molar-refractivity contribution < 1.29 is 4.42 Å². The van der Waals surface area contributed by atoms with E-state index in [0.717, 1.165) is 31.2 Å². The number of rotatable bonds is 5. The van der Waals surface area contributed by atoms with Crippen molar-refractivity contribution in [3.63, 3.8) is 0 Å². The number of hydrogen-bond acceptors (Lipinski definition) is 4. The van der Waals surface area contributed by atoms with E-state index in [4.69, 9.17) is 4.42 Å². The highest BCUT2D eigenvalue weighted by Gasteiger charge is 2.23. The molecule has 0 spiro atoms. The van der Waals surface area contributed by atoms with Crippen molar-refractivity contribution in [3.8, 4) is 0 Å². The van der Waals surface area contributed by atoms with Gasteiger partial charge in [-0.05, 0) is 25.0 Å². The van der Waals surface area contributed by atoms with E-state index in [9.17, 15) is 0 Å². The molecule has 28 heavy (non-hydrogen) atoms. The van der Waals surface area contributed by atoms with Crippen LogP contribution in [-0.2, 0) is 18.4 Å². The average Bonchev–Trinajstić information content (AvgIpc) is 3.28. The molecule has 7 heteroatoms. The average molecular weight is 497 g/mol. The summed E-state index contributed by atoms with van der Waals surface area (Å²) in [6, 6.07) is 9.03. The first-order chi connectivity index (χ1) is 12.9. The highest BCUT2D eigenvalue weighted by molar-refractivity contribution is 14.0. The van der Waals surface area contributed by atoms with E-state index in [-0.39, 0.29) is 29.4 Å². The van der Waals surface area contributed by atoms with E-state index in [0.29, 0.717) is 18.5 Å². The summed E-state index contributed by atoms with van der Waals surface area (Å²) in [5.74, 6) is 2.32. The number of anilines is 1. The van der Waals surface area contributed by atoms with Crippen LogP contribution >= 0.6 is 24.0 Å². The first-order valence-corrected chi connectivity index (χ1v) is 9.62. The Balaban J connectivity index is 0.00000280. The van der Waals surface area contributed by atoms with Crippen LogP contribution in [0.2, 0.25) is 0 Å². The smallest absolute Gasteiger partial charge is 0.213 e. The Labute approximate surface area is 185 Å². The van der Waals surface area contributed by atoms with Crippen LogP contribution in [0.1, 0.15) is 44.9 Å². The molecule has 1 atom stereocenters. The quantitative estimate of drug-likeness (QED) is 0.375. The SMILES string of the molecule is CN=C(NCc1ncc(C(C)(C)C)o1)NCC(C)N1CCc2ccccc21.I. The zero-order chi connectivity index (χ0) is 19.4. The highest BCUT2D eigenvalue weighted by atomic mass is 127. The lowest BCUT2D eigenvalue weighted by Gasteiger charge is -2.28. The lowest BCUT2D eigenvalue weighted by molar-refractivity contribution is 0.379. The van der Waals surface area contributed by atoms with Gasteiger partial charge in [0.2, 0.25) is 5.89 Å². The number of para-hydroxylation sites is 1. The molecule has 0 radical (unpaired) electrons. The molecule has 0 saturated carbocycles. The third-order valence-electron chi connectivity index (χ3n) is 4.94. The largest absolute Gasteiger partial charge is 0.443 e. The van der Waals surface area contributed by atoms with Crippen molar-refractivity contribution in [1.29, 1.82) is 0 Å². The molecule has 0 aliphatic carbocycles. The maximum absolute atomic E-state index is 5.82. The molecule has 2 heterocycles. The molecule has 6 nitrogen and oxygen atoms in total. The van der Waals surface area contributed by atoms with Crippen LogP contribution in [0, 0.1) is 0 Å². The van der Waals surface area contributed by atoms with Gasteiger partial charge in [0, 0.05) is 37.3 Å². The van der Waals surface area contributed by atoms with Crippen LogP contribution < -0.4 is 15.5 Å². The molecule has 2 N–H and O–H groups in total. The summed E-state index contributed by atoms with van der Waals surface area (Å²) in [7, 11) is 1.78. The van der Waals surface area contributed by atoms with E-state index in [1.54, 1.807) is 13.2 Å². The number of benzene rings is 1. The minimum Gasteiger partial charge on any atom is -0.443 e. The molecule has 0 saturated heterocycles. The fourth-order valence-corrected chi connectivity index (χ4v) is 3.29. The van der Waals surface area contributed by atoms with Gasteiger partial charge < -0.3 is 20.0 Å². The Kier molecular flexibility index (Phi) is 7.74. The third-order valence-corrected chi connectivity index (χ3v) is 4.94. The van der Waals surface area contributed by atoms with Crippen LogP contribution in [0.4, 0.5) is 5.69 Å². The summed E-state index contributed by atoms with van der Waals surface area (Å²) in [6.07, 6.45) is 2.92. The molecule has 1 aromatic carbocycles. The van der Waals surface area contributed by atoms with Crippen LogP contribution in [-0.4, -0.2) is 37.1 Å². The van der Waals surface area contributed by atoms with E-state index < -0.39 is 0 Å². The van der Waals surface area contributed by atoms with Crippen molar-refractivity contribution in [2.45, 2.75) is 52.1 Å². The summed E-state index contributed by atoms with van der Waals surface area (Å²) < 4.78 is 5.82. The van der Waals surface area contributed by atoms with Gasteiger partial charge in [0.25, 0.3) is 0 Å². The van der Waals surface area contributed by atoms with Crippen molar-refractivity contribution in [3.05, 3.63) is 47.7 Å². The van der Waals surface area contributed by atoms with Gasteiger partial charge in [-0.15, -0.1) is 24.0 Å². The van der Waals surface area contributed by atoms with Crippen LogP contribution in [0.5, 0.6) is 0 Å². The topological polar surface area (TPSA) is 65.7 Å². The van der Waals surface area contributed by atoms with Crippen molar-refractivity contribution in [2.75, 3.05) is 25.0 Å². The van der Waals surface area contributed by atoms with Gasteiger partial charge in [-0.3, -0.25) is 4.99 Å². The van der Waals surface area contributed by atoms with Gasteiger partial charge in [-0.2, -0.15) is 0 Å². The van der Waals surface area contributed by atoms with Crippen LogP contribution in [0.3, 0.4) is 0 Å². The molecule has 1 aromatic heterocycles. The molecule has 0 fully saturated rings. The predicted octanol–water partition coefficient (Wildman–Crippen LogP) is 3.71. The Morgan fingerprint density at radius 2 is 2.04 bits per heavy atom. The minimum atomic E-state index is -0.0351. The monoisotopic (exact) mass is 497 g/mol. The van der Waals surface area contributed by atoms with Gasteiger partial charge in [0.05, 0.1) is 12.7 Å². The predicted molar refractivity (Wildman–Crippen MR) is 126 cm³/mol. The second-order valence-corrected chi connectivity index (χ2v) is 8.10. The van der Waals surface area contributed by atoms with Gasteiger partial charge in [0.15, 0.2) is 5.96 Å². The van der Waals surface area contributed by atoms with Crippen molar-refractivity contribution in [1.82, 2.24) is 15.6 Å². The Morgan fingerprint density at radius 3 is 2.71 bits per heavy atom. The number of guanidine groups is 1. The second-order valence-electron chi connectivity index (χ2n) is 8.10. The molecule has 0 bridgehead atoms. The number of aromatic nitrogens is 1. The molecule has 154 valence electrons. The fourth-order valence-electron chi connectivity index (χ4n) is 3.29. The zero-order valence-corrected chi connectivity index (χ0v) is 19.8. The highest BCUT2D eigenvalue weighted by Crippen LogP contribution is 2.28. The standard InChI is InChI=1S/C21H31N5O.HI/c1-15(26-11-10-16-8-6-7-9-17(16)26)12-24-20(22-5)25-14-19-23-13-18(27-19)21(2,3)4;/h6-9,13,15H,10-12,14H2,1-5H3,(H2,22,24,25);1H. The summed E-state index contributed by atoms with van der Waals surface area (Å²) >= 11 is 0. The lowest BCUT2D eigenvalue weighted by Crippen LogP contribution is -2.45. The molecule has 1 unspecified atom stereocenters. The lowest BCUT2D eigenvalue weighted by atomic mass is 9.94. The Hall–Kier alpha value is -1.77. The zero-order valence-electron chi connectivity index (χ0n) is 17.5. The summed E-state index contributed by atoms with van der Waals surface area (Å²) in [5.41, 5.74) is 2.75. The molecule has 0 amide bonds. The maximum atomic E-state index is 5.82. The molecule has 1 aliphatic rings. The molecule has 1 aliphatic heterocycles. The number of nitrogens with one attached hydrogen (secondary N) is 2. The molecule has 2 aromatic rings. The summed E-state index contributed by atoms with van der Waals surface area (Å²) in [4.78, 5) is 11.1. The molecular weight excluding hydrogens is 465 g/mol. The van der Waals surface area contributed by atoms with Crippen LogP contribution in [0.25, 0.3) is 0 Å². The van der Waals surface area contributed by atoms with E-state index in [1.807, 2.05) is 0 Å². The van der Waals surface area contributed by atoms with Gasteiger partial charge in [-0.25, -0.2) is 4.98 Å². The Morgan fingerprint density at radius 1 is 1.29 bits per heavy atom. The van der Waals surface area contributed by atoms with Crippen molar-refractivity contribution in [2.24, 2.45) is 4.99 Å². The first kappa shape index (κ1) is 22.5. The van der Waals surface area contributed by atoms with E-state index in [1.165, 1.54) is 11.3 Å². The Bertz CT molecular complexity index is 796. The number of fused-ring (bicyclic) bond motifs is 1. The number of oxazole rings is 1. The van der Waals surface area contributed by atoms with E-state index >= 15 is 0 Å². The van der Waals surface area contributed by atoms with Gasteiger partial charge in [0.1, 0.15) is 5.76 Å². The normalized spacial score (nSPS) is 15.0. The fraction of sp³-hybridized carbons (Fsp3) is 0.524.